The summed E-state index contributed by atoms with van der Waals surface area (Å²) >= 11 is 0. The van der Waals surface area contributed by atoms with Gasteiger partial charge in [-0.25, -0.2) is 9.97 Å². The highest BCUT2D eigenvalue weighted by atomic mass is 15.2. The van der Waals surface area contributed by atoms with Crippen LogP contribution in [0.15, 0.2) is 18.6 Å². The first-order chi connectivity index (χ1) is 6.68. The highest BCUT2D eigenvalue weighted by Crippen LogP contribution is 2.26. The number of anilines is 2. The molecule has 0 aliphatic heterocycles. The summed E-state index contributed by atoms with van der Waals surface area (Å²) in [6, 6.07) is 1.81. The van der Waals surface area contributed by atoms with E-state index < -0.39 is 0 Å². The van der Waals surface area contributed by atoms with Crippen LogP contribution in [-0.4, -0.2) is 19.7 Å². The van der Waals surface area contributed by atoms with Gasteiger partial charge in [-0.3, -0.25) is 4.68 Å². The third-order valence-corrected chi connectivity index (χ3v) is 1.88. The molecule has 0 atom stereocenters. The predicted octanol–water partition coefficient (Wildman–Crippen LogP) is 0.0415. The number of aromatic nitrogens is 4. The summed E-state index contributed by atoms with van der Waals surface area (Å²) < 4.78 is 1.67. The Labute approximate surface area is 80.6 Å². The maximum absolute atomic E-state index is 5.68. The molecule has 0 spiro atoms. The lowest BCUT2D eigenvalue weighted by atomic mass is 10.2. The predicted molar refractivity (Wildman–Crippen MR) is 53.1 cm³/mol. The van der Waals surface area contributed by atoms with Gasteiger partial charge in [0, 0.05) is 13.2 Å². The molecule has 0 aromatic carbocycles. The molecule has 2 aromatic heterocycles. The molecule has 0 unspecified atom stereocenters. The van der Waals surface area contributed by atoms with Gasteiger partial charge in [0.1, 0.15) is 18.0 Å². The van der Waals surface area contributed by atoms with Gasteiger partial charge in [0.05, 0.1) is 11.3 Å². The van der Waals surface area contributed by atoms with E-state index in [1.807, 2.05) is 13.1 Å². The van der Waals surface area contributed by atoms with Crippen molar-refractivity contribution in [2.45, 2.75) is 0 Å². The summed E-state index contributed by atoms with van der Waals surface area (Å²) in [5, 5.41) is 4.18. The highest BCUT2D eigenvalue weighted by molar-refractivity contribution is 5.79. The summed E-state index contributed by atoms with van der Waals surface area (Å²) in [6.07, 6.45) is 3.14. The Kier molecular flexibility index (Phi) is 1.81. The standard InChI is InChI=1S/C8H10N6/c1-14-3-2-5(13-14)6-7(9)11-4-12-8(6)10/h2-4H,1H3,(H4,9,10,11,12). The van der Waals surface area contributed by atoms with Crippen LogP contribution in [0.2, 0.25) is 0 Å². The Balaban J connectivity index is 2.61. The zero-order valence-corrected chi connectivity index (χ0v) is 7.68. The van der Waals surface area contributed by atoms with Crippen molar-refractivity contribution in [1.82, 2.24) is 19.7 Å². The van der Waals surface area contributed by atoms with Crippen molar-refractivity contribution in [3.8, 4) is 11.3 Å². The van der Waals surface area contributed by atoms with Crippen molar-refractivity contribution in [3.05, 3.63) is 18.6 Å². The minimum atomic E-state index is 0.344. The molecule has 0 aliphatic rings. The maximum Gasteiger partial charge on any atom is 0.138 e. The fourth-order valence-corrected chi connectivity index (χ4v) is 1.22. The van der Waals surface area contributed by atoms with Crippen LogP contribution in [0, 0.1) is 0 Å². The SMILES string of the molecule is Cn1ccc(-c2c(N)ncnc2N)n1. The molecule has 0 saturated heterocycles. The first kappa shape index (κ1) is 8.49. The summed E-state index contributed by atoms with van der Waals surface area (Å²) in [7, 11) is 1.82. The third-order valence-electron chi connectivity index (χ3n) is 1.88. The summed E-state index contributed by atoms with van der Waals surface area (Å²) in [4.78, 5) is 7.73. The first-order valence-electron chi connectivity index (χ1n) is 4.04. The van der Waals surface area contributed by atoms with Crippen LogP contribution < -0.4 is 11.5 Å². The molecule has 4 N–H and O–H groups in total. The van der Waals surface area contributed by atoms with Crippen LogP contribution in [0.3, 0.4) is 0 Å². The molecule has 2 heterocycles. The zero-order valence-electron chi connectivity index (χ0n) is 7.68. The number of hydrogen-bond donors (Lipinski definition) is 2. The van der Waals surface area contributed by atoms with Gasteiger partial charge in [-0.15, -0.1) is 0 Å². The van der Waals surface area contributed by atoms with Gasteiger partial charge in [-0.1, -0.05) is 0 Å². The lowest BCUT2D eigenvalue weighted by molar-refractivity contribution is 0.771. The number of nitrogens with two attached hydrogens (primary N) is 2. The van der Waals surface area contributed by atoms with E-state index >= 15 is 0 Å². The molecular weight excluding hydrogens is 180 g/mol. The molecule has 0 amide bonds. The molecule has 0 radical (unpaired) electrons. The van der Waals surface area contributed by atoms with Crippen LogP contribution in [-0.2, 0) is 7.05 Å². The molecule has 0 saturated carbocycles. The van der Waals surface area contributed by atoms with E-state index in [0.29, 0.717) is 22.9 Å². The monoisotopic (exact) mass is 190 g/mol. The molecule has 0 aliphatic carbocycles. The van der Waals surface area contributed by atoms with Gasteiger partial charge in [0.15, 0.2) is 0 Å². The fraction of sp³-hybridized carbons (Fsp3) is 0.125. The second kappa shape index (κ2) is 2.99. The van der Waals surface area contributed by atoms with Gasteiger partial charge in [-0.2, -0.15) is 5.10 Å². The average Bonchev–Trinajstić information content (AvgIpc) is 2.51. The molecule has 2 rings (SSSR count). The van der Waals surface area contributed by atoms with Crippen LogP contribution in [0.25, 0.3) is 11.3 Å². The molecule has 0 bridgehead atoms. The van der Waals surface area contributed by atoms with Crippen molar-refractivity contribution < 1.29 is 0 Å². The molecule has 72 valence electrons. The number of hydrogen-bond acceptors (Lipinski definition) is 5. The third kappa shape index (κ3) is 1.26. The number of aryl methyl sites for hydroxylation is 1. The van der Waals surface area contributed by atoms with Crippen molar-refractivity contribution in [2.24, 2.45) is 7.05 Å². The van der Waals surface area contributed by atoms with Gasteiger partial charge in [-0.05, 0) is 6.07 Å². The van der Waals surface area contributed by atoms with Crippen LogP contribution in [0.4, 0.5) is 11.6 Å². The Morgan fingerprint density at radius 3 is 2.36 bits per heavy atom. The molecule has 14 heavy (non-hydrogen) atoms. The van der Waals surface area contributed by atoms with Gasteiger partial charge in [0.25, 0.3) is 0 Å². The van der Waals surface area contributed by atoms with E-state index in [0.717, 1.165) is 0 Å². The zero-order chi connectivity index (χ0) is 10.1. The van der Waals surface area contributed by atoms with Crippen molar-refractivity contribution in [3.63, 3.8) is 0 Å². The molecule has 0 fully saturated rings. The highest BCUT2D eigenvalue weighted by Gasteiger charge is 2.11. The quantitative estimate of drug-likeness (QED) is 0.662. The number of nitrogen functional groups attached to an aromatic ring is 2. The van der Waals surface area contributed by atoms with Gasteiger partial charge in [0.2, 0.25) is 0 Å². The van der Waals surface area contributed by atoms with E-state index in [2.05, 4.69) is 15.1 Å². The summed E-state index contributed by atoms with van der Waals surface area (Å²) in [5.41, 5.74) is 12.6. The topological polar surface area (TPSA) is 95.6 Å². The average molecular weight is 190 g/mol. The van der Waals surface area contributed by atoms with E-state index in [-0.39, 0.29) is 0 Å². The number of nitrogens with zero attached hydrogens (tertiary/aromatic N) is 4. The van der Waals surface area contributed by atoms with Crippen LogP contribution in [0.1, 0.15) is 0 Å². The van der Waals surface area contributed by atoms with E-state index in [4.69, 9.17) is 11.5 Å². The second-order valence-electron chi connectivity index (χ2n) is 2.89. The van der Waals surface area contributed by atoms with Crippen LogP contribution >= 0.6 is 0 Å². The summed E-state index contributed by atoms with van der Waals surface area (Å²) in [5.74, 6) is 0.687. The lowest BCUT2D eigenvalue weighted by Crippen LogP contribution is -2.02. The smallest absolute Gasteiger partial charge is 0.138 e. The van der Waals surface area contributed by atoms with Crippen LogP contribution in [0.5, 0.6) is 0 Å². The Morgan fingerprint density at radius 2 is 1.86 bits per heavy atom. The van der Waals surface area contributed by atoms with Gasteiger partial charge < -0.3 is 11.5 Å². The first-order valence-corrected chi connectivity index (χ1v) is 4.04. The lowest BCUT2D eigenvalue weighted by Gasteiger charge is -2.03. The normalized spacial score (nSPS) is 10.4. The van der Waals surface area contributed by atoms with E-state index in [9.17, 15) is 0 Å². The van der Waals surface area contributed by atoms with Crippen molar-refractivity contribution >= 4 is 11.6 Å². The van der Waals surface area contributed by atoms with Gasteiger partial charge >= 0.3 is 0 Å². The van der Waals surface area contributed by atoms with Crippen molar-refractivity contribution in [2.75, 3.05) is 11.5 Å². The molecule has 2 aromatic rings. The minimum absolute atomic E-state index is 0.344. The molecular formula is C8H10N6. The van der Waals surface area contributed by atoms with E-state index in [1.165, 1.54) is 6.33 Å². The van der Waals surface area contributed by atoms with Crippen molar-refractivity contribution in [1.29, 1.82) is 0 Å². The Bertz CT molecular complexity index is 440. The fourth-order valence-electron chi connectivity index (χ4n) is 1.22. The Morgan fingerprint density at radius 1 is 1.21 bits per heavy atom. The van der Waals surface area contributed by atoms with E-state index in [1.54, 1.807) is 10.9 Å². The molecule has 6 heteroatoms. The molecule has 6 nitrogen and oxygen atoms in total. The number of rotatable bonds is 1. The largest absolute Gasteiger partial charge is 0.383 e. The maximum atomic E-state index is 5.68. The second-order valence-corrected chi connectivity index (χ2v) is 2.89. The Hall–Kier alpha value is -2.11. The summed E-state index contributed by atoms with van der Waals surface area (Å²) in [6.45, 7) is 0. The minimum Gasteiger partial charge on any atom is -0.383 e.